The lowest BCUT2D eigenvalue weighted by atomic mass is 10.1. The summed E-state index contributed by atoms with van der Waals surface area (Å²) in [5, 5.41) is 6.42. The summed E-state index contributed by atoms with van der Waals surface area (Å²) in [5.41, 5.74) is 1.39. The van der Waals surface area contributed by atoms with E-state index in [1.165, 1.54) is 12.1 Å². The Balaban J connectivity index is 1.78. The second-order valence-electron chi connectivity index (χ2n) is 7.28. The maximum absolute atomic E-state index is 13.3. The molecule has 0 spiro atoms. The van der Waals surface area contributed by atoms with Gasteiger partial charge in [0.2, 0.25) is 5.95 Å². The Morgan fingerprint density at radius 2 is 1.71 bits per heavy atom. The van der Waals surface area contributed by atoms with Crippen LogP contribution in [0.4, 0.5) is 20.5 Å². The Morgan fingerprint density at radius 3 is 2.29 bits per heavy atom. The van der Waals surface area contributed by atoms with Gasteiger partial charge in [-0.25, -0.2) is 13.8 Å². The van der Waals surface area contributed by atoms with Crippen LogP contribution in [0.15, 0.2) is 24.3 Å². The molecule has 1 aromatic heterocycles. The van der Waals surface area contributed by atoms with Gasteiger partial charge in [0.05, 0.1) is 5.69 Å². The molecular weight excluding hydrogens is 310 g/mol. The molecule has 2 aromatic rings. The molecule has 24 heavy (non-hydrogen) atoms. The fourth-order valence-corrected chi connectivity index (χ4v) is 2.44. The molecule has 1 fully saturated rings. The van der Waals surface area contributed by atoms with Gasteiger partial charge in [0.15, 0.2) is 0 Å². The van der Waals surface area contributed by atoms with Crippen molar-refractivity contribution in [2.24, 2.45) is 0 Å². The van der Waals surface area contributed by atoms with E-state index in [1.54, 1.807) is 0 Å². The molecule has 0 amide bonds. The molecule has 1 saturated carbocycles. The second kappa shape index (κ2) is 6.34. The van der Waals surface area contributed by atoms with Crippen molar-refractivity contribution in [1.82, 2.24) is 9.97 Å². The van der Waals surface area contributed by atoms with Gasteiger partial charge in [0, 0.05) is 30.1 Å². The lowest BCUT2D eigenvalue weighted by Crippen LogP contribution is -2.27. The van der Waals surface area contributed by atoms with E-state index in [1.807, 2.05) is 26.8 Å². The summed E-state index contributed by atoms with van der Waals surface area (Å²) in [4.78, 5) is 9.05. The van der Waals surface area contributed by atoms with E-state index in [2.05, 4.69) is 20.6 Å². The van der Waals surface area contributed by atoms with Crippen LogP contribution in [0, 0.1) is 11.6 Å². The largest absolute Gasteiger partial charge is 0.366 e. The zero-order chi connectivity index (χ0) is 17.3. The smallest absolute Gasteiger partial charge is 0.225 e. The van der Waals surface area contributed by atoms with Crippen LogP contribution in [-0.2, 0) is 6.54 Å². The summed E-state index contributed by atoms with van der Waals surface area (Å²) in [6.07, 6.45) is 2.28. The third-order valence-electron chi connectivity index (χ3n) is 3.62. The van der Waals surface area contributed by atoms with E-state index in [0.717, 1.165) is 24.6 Å². The van der Waals surface area contributed by atoms with Crippen LogP contribution in [0.5, 0.6) is 0 Å². The number of nitrogens with zero attached hydrogens (tertiary/aromatic N) is 2. The number of anilines is 2. The van der Waals surface area contributed by atoms with Gasteiger partial charge in [-0.2, -0.15) is 4.98 Å². The van der Waals surface area contributed by atoms with Crippen LogP contribution in [0.3, 0.4) is 0 Å². The van der Waals surface area contributed by atoms with E-state index >= 15 is 0 Å². The molecule has 1 heterocycles. The molecule has 0 bridgehead atoms. The Bertz CT molecular complexity index is 716. The van der Waals surface area contributed by atoms with Crippen molar-refractivity contribution in [2.45, 2.75) is 51.6 Å². The number of halogens is 2. The highest BCUT2D eigenvalue weighted by Gasteiger charge is 2.26. The molecule has 0 saturated heterocycles. The summed E-state index contributed by atoms with van der Waals surface area (Å²) in [6, 6.07) is 5.41. The van der Waals surface area contributed by atoms with E-state index in [4.69, 9.17) is 0 Å². The zero-order valence-electron chi connectivity index (χ0n) is 14.2. The summed E-state index contributed by atoms with van der Waals surface area (Å²) in [7, 11) is 0. The average molecular weight is 332 g/mol. The van der Waals surface area contributed by atoms with Crippen molar-refractivity contribution in [2.75, 3.05) is 10.6 Å². The fourth-order valence-electron chi connectivity index (χ4n) is 2.44. The summed E-state index contributed by atoms with van der Waals surface area (Å²) in [5.74, 6) is 0.551. The molecule has 0 aliphatic heterocycles. The van der Waals surface area contributed by atoms with Gasteiger partial charge in [-0.3, -0.25) is 0 Å². The molecule has 6 heteroatoms. The van der Waals surface area contributed by atoms with Crippen molar-refractivity contribution in [3.63, 3.8) is 0 Å². The van der Waals surface area contributed by atoms with Crippen molar-refractivity contribution in [3.8, 4) is 0 Å². The van der Waals surface area contributed by atoms with Gasteiger partial charge in [0.1, 0.15) is 17.5 Å². The molecule has 1 aliphatic carbocycles. The van der Waals surface area contributed by atoms with E-state index in [0.29, 0.717) is 29.8 Å². The molecule has 0 unspecified atom stereocenters. The van der Waals surface area contributed by atoms with Crippen LogP contribution in [0.1, 0.15) is 50.8 Å². The minimum atomic E-state index is -0.580. The van der Waals surface area contributed by atoms with Crippen LogP contribution in [-0.4, -0.2) is 15.5 Å². The third-order valence-corrected chi connectivity index (χ3v) is 3.62. The second-order valence-corrected chi connectivity index (χ2v) is 7.28. The first kappa shape index (κ1) is 16.6. The first-order valence-corrected chi connectivity index (χ1v) is 8.14. The summed E-state index contributed by atoms with van der Waals surface area (Å²) < 4.78 is 26.6. The quantitative estimate of drug-likeness (QED) is 0.849. The van der Waals surface area contributed by atoms with Gasteiger partial charge < -0.3 is 10.6 Å². The molecule has 0 atom stereocenters. The first-order valence-electron chi connectivity index (χ1n) is 8.14. The average Bonchev–Trinajstić information content (AvgIpc) is 3.26. The lowest BCUT2D eigenvalue weighted by molar-refractivity contribution is 0.580. The SMILES string of the molecule is CC(C)(C)Nc1nc(NCc2cc(F)cc(F)c2)cc(C2CC2)n1. The molecule has 128 valence electrons. The predicted octanol–water partition coefficient (Wildman–Crippen LogP) is 4.45. The van der Waals surface area contributed by atoms with E-state index < -0.39 is 11.6 Å². The third kappa shape index (κ3) is 4.63. The molecule has 0 radical (unpaired) electrons. The number of benzene rings is 1. The minimum Gasteiger partial charge on any atom is -0.366 e. The van der Waals surface area contributed by atoms with Gasteiger partial charge in [-0.1, -0.05) is 0 Å². The van der Waals surface area contributed by atoms with E-state index in [9.17, 15) is 8.78 Å². The maximum atomic E-state index is 13.3. The monoisotopic (exact) mass is 332 g/mol. The number of nitrogens with one attached hydrogen (secondary N) is 2. The molecule has 2 N–H and O–H groups in total. The van der Waals surface area contributed by atoms with Crippen molar-refractivity contribution < 1.29 is 8.78 Å². The Morgan fingerprint density at radius 1 is 1.04 bits per heavy atom. The highest BCUT2D eigenvalue weighted by atomic mass is 19.1. The highest BCUT2D eigenvalue weighted by Crippen LogP contribution is 2.40. The van der Waals surface area contributed by atoms with Crippen LogP contribution < -0.4 is 10.6 Å². The van der Waals surface area contributed by atoms with Crippen molar-refractivity contribution in [1.29, 1.82) is 0 Å². The molecular formula is C18H22F2N4. The predicted molar refractivity (Wildman–Crippen MR) is 91.1 cm³/mol. The molecule has 3 rings (SSSR count). The van der Waals surface area contributed by atoms with Gasteiger partial charge >= 0.3 is 0 Å². The Kier molecular flexibility index (Phi) is 4.39. The Labute approximate surface area is 140 Å². The fraction of sp³-hybridized carbons (Fsp3) is 0.444. The zero-order valence-corrected chi connectivity index (χ0v) is 14.2. The molecule has 1 aromatic carbocycles. The number of hydrogen-bond donors (Lipinski definition) is 2. The summed E-state index contributed by atoms with van der Waals surface area (Å²) in [6.45, 7) is 6.43. The van der Waals surface area contributed by atoms with Crippen molar-refractivity contribution >= 4 is 11.8 Å². The molecule has 1 aliphatic rings. The molecule has 4 nitrogen and oxygen atoms in total. The van der Waals surface area contributed by atoms with Crippen LogP contribution in [0.25, 0.3) is 0 Å². The number of aromatic nitrogens is 2. The van der Waals surface area contributed by atoms with Gasteiger partial charge in [-0.05, 0) is 51.3 Å². The highest BCUT2D eigenvalue weighted by molar-refractivity contribution is 5.45. The van der Waals surface area contributed by atoms with Crippen molar-refractivity contribution in [3.05, 3.63) is 47.2 Å². The lowest BCUT2D eigenvalue weighted by Gasteiger charge is -2.21. The Hall–Kier alpha value is -2.24. The summed E-state index contributed by atoms with van der Waals surface area (Å²) >= 11 is 0. The minimum absolute atomic E-state index is 0.148. The van der Waals surface area contributed by atoms with Crippen LogP contribution >= 0.6 is 0 Å². The normalized spacial score (nSPS) is 14.5. The first-order chi connectivity index (χ1) is 11.3. The van der Waals surface area contributed by atoms with Crippen LogP contribution in [0.2, 0.25) is 0 Å². The standard InChI is InChI=1S/C18H22F2N4/c1-18(2,3)24-17-22-15(12-4-5-12)9-16(23-17)21-10-11-6-13(19)8-14(20)7-11/h6-9,12H,4-5,10H2,1-3H3,(H2,21,22,23,24). The topological polar surface area (TPSA) is 49.8 Å². The maximum Gasteiger partial charge on any atom is 0.225 e. The van der Waals surface area contributed by atoms with E-state index in [-0.39, 0.29) is 5.54 Å². The van der Waals surface area contributed by atoms with Gasteiger partial charge in [0.25, 0.3) is 0 Å². The number of rotatable bonds is 5. The van der Waals surface area contributed by atoms with Gasteiger partial charge in [-0.15, -0.1) is 0 Å². The number of hydrogen-bond acceptors (Lipinski definition) is 4.